The molecule has 0 saturated heterocycles. The number of rotatable bonds is 4. The van der Waals surface area contributed by atoms with Gasteiger partial charge < -0.3 is 15.8 Å². The van der Waals surface area contributed by atoms with E-state index in [0.717, 1.165) is 18.8 Å². The third-order valence-corrected chi connectivity index (χ3v) is 3.39. The first-order valence-corrected chi connectivity index (χ1v) is 6.20. The number of hydrogen-bond donors (Lipinski definition) is 2. The first-order valence-electron chi connectivity index (χ1n) is 6.20. The fourth-order valence-corrected chi connectivity index (χ4v) is 2.24. The molecule has 0 heterocycles. The molecule has 0 radical (unpaired) electrons. The average molecular weight is 228 g/mol. The SMILES string of the molecule is COC(CN)C(=O)NC1CCCC(C)CC1. The van der Waals surface area contributed by atoms with Crippen molar-refractivity contribution in [1.82, 2.24) is 5.32 Å². The molecule has 1 amide bonds. The van der Waals surface area contributed by atoms with E-state index < -0.39 is 6.10 Å². The van der Waals surface area contributed by atoms with Crippen LogP contribution >= 0.6 is 0 Å². The molecule has 0 aromatic heterocycles. The van der Waals surface area contributed by atoms with Gasteiger partial charge in [-0.05, 0) is 25.2 Å². The standard InChI is InChI=1S/C12H24N2O2/c1-9-4-3-5-10(7-6-9)14-12(15)11(8-13)16-2/h9-11H,3-8,13H2,1-2H3,(H,14,15). The summed E-state index contributed by atoms with van der Waals surface area (Å²) in [5, 5.41) is 3.04. The van der Waals surface area contributed by atoms with Crippen LogP contribution in [-0.4, -0.2) is 31.7 Å². The van der Waals surface area contributed by atoms with Crippen LogP contribution in [0, 0.1) is 5.92 Å². The van der Waals surface area contributed by atoms with Gasteiger partial charge in [-0.3, -0.25) is 4.79 Å². The number of hydrogen-bond acceptors (Lipinski definition) is 3. The number of nitrogens with one attached hydrogen (secondary N) is 1. The van der Waals surface area contributed by atoms with E-state index >= 15 is 0 Å². The molecule has 16 heavy (non-hydrogen) atoms. The highest BCUT2D eigenvalue weighted by Gasteiger charge is 2.21. The molecule has 1 fully saturated rings. The molecule has 0 aromatic rings. The Hall–Kier alpha value is -0.610. The van der Waals surface area contributed by atoms with Crippen molar-refractivity contribution < 1.29 is 9.53 Å². The van der Waals surface area contributed by atoms with Gasteiger partial charge in [0.05, 0.1) is 0 Å². The fraction of sp³-hybridized carbons (Fsp3) is 0.917. The first-order chi connectivity index (χ1) is 7.67. The second-order valence-corrected chi connectivity index (χ2v) is 4.78. The highest BCUT2D eigenvalue weighted by molar-refractivity contribution is 5.81. The van der Waals surface area contributed by atoms with E-state index in [4.69, 9.17) is 10.5 Å². The Bertz CT molecular complexity index is 217. The molecule has 3 atom stereocenters. The van der Waals surface area contributed by atoms with Crippen LogP contribution in [0.1, 0.15) is 39.0 Å². The molecule has 0 spiro atoms. The molecule has 1 rings (SSSR count). The van der Waals surface area contributed by atoms with Crippen molar-refractivity contribution in [2.75, 3.05) is 13.7 Å². The number of methoxy groups -OCH3 is 1. The van der Waals surface area contributed by atoms with Gasteiger partial charge in [0.15, 0.2) is 0 Å². The zero-order valence-electron chi connectivity index (χ0n) is 10.4. The second-order valence-electron chi connectivity index (χ2n) is 4.78. The summed E-state index contributed by atoms with van der Waals surface area (Å²) >= 11 is 0. The van der Waals surface area contributed by atoms with Gasteiger partial charge in [-0.1, -0.05) is 19.8 Å². The fourth-order valence-electron chi connectivity index (χ4n) is 2.24. The lowest BCUT2D eigenvalue weighted by Gasteiger charge is -2.20. The number of carbonyl (C=O) groups is 1. The van der Waals surface area contributed by atoms with Crippen molar-refractivity contribution in [3.8, 4) is 0 Å². The maximum Gasteiger partial charge on any atom is 0.250 e. The van der Waals surface area contributed by atoms with Crippen molar-refractivity contribution in [2.45, 2.75) is 51.2 Å². The molecule has 0 bridgehead atoms. The third kappa shape index (κ3) is 4.10. The summed E-state index contributed by atoms with van der Waals surface area (Å²) in [7, 11) is 1.52. The van der Waals surface area contributed by atoms with Crippen LogP contribution in [0.3, 0.4) is 0 Å². The van der Waals surface area contributed by atoms with E-state index in [1.165, 1.54) is 26.4 Å². The monoisotopic (exact) mass is 228 g/mol. The number of ether oxygens (including phenoxy) is 1. The molecular weight excluding hydrogens is 204 g/mol. The van der Waals surface area contributed by atoms with Crippen LogP contribution in [0.5, 0.6) is 0 Å². The zero-order chi connectivity index (χ0) is 12.0. The van der Waals surface area contributed by atoms with Gasteiger partial charge in [0.25, 0.3) is 5.91 Å². The summed E-state index contributed by atoms with van der Waals surface area (Å²) in [5.74, 6) is 0.721. The molecule has 0 aromatic carbocycles. The minimum Gasteiger partial charge on any atom is -0.370 e. The quantitative estimate of drug-likeness (QED) is 0.707. The van der Waals surface area contributed by atoms with Crippen molar-refractivity contribution in [2.24, 2.45) is 11.7 Å². The van der Waals surface area contributed by atoms with Crippen molar-refractivity contribution in [3.05, 3.63) is 0 Å². The Morgan fingerprint density at radius 2 is 2.19 bits per heavy atom. The number of carbonyl (C=O) groups excluding carboxylic acids is 1. The summed E-state index contributed by atoms with van der Waals surface area (Å²) in [6.07, 6.45) is 5.33. The van der Waals surface area contributed by atoms with E-state index in [1.54, 1.807) is 0 Å². The molecule has 1 saturated carbocycles. The van der Waals surface area contributed by atoms with Gasteiger partial charge in [-0.25, -0.2) is 0 Å². The smallest absolute Gasteiger partial charge is 0.250 e. The van der Waals surface area contributed by atoms with E-state index in [9.17, 15) is 4.79 Å². The maximum atomic E-state index is 11.8. The molecule has 3 N–H and O–H groups in total. The predicted molar refractivity (Wildman–Crippen MR) is 64.0 cm³/mol. The summed E-state index contributed by atoms with van der Waals surface area (Å²) in [6, 6.07) is 0.307. The van der Waals surface area contributed by atoms with E-state index in [-0.39, 0.29) is 12.5 Å². The third-order valence-electron chi connectivity index (χ3n) is 3.39. The maximum absolute atomic E-state index is 11.8. The topological polar surface area (TPSA) is 64.3 Å². The largest absolute Gasteiger partial charge is 0.370 e. The number of amides is 1. The molecule has 4 nitrogen and oxygen atoms in total. The first kappa shape index (κ1) is 13.5. The summed E-state index contributed by atoms with van der Waals surface area (Å²) in [5.41, 5.74) is 5.46. The van der Waals surface area contributed by atoms with E-state index in [0.29, 0.717) is 6.04 Å². The van der Waals surface area contributed by atoms with Gasteiger partial charge in [0.2, 0.25) is 0 Å². The Labute approximate surface area is 97.9 Å². The van der Waals surface area contributed by atoms with Crippen molar-refractivity contribution in [3.63, 3.8) is 0 Å². The molecule has 1 aliphatic carbocycles. The minimum absolute atomic E-state index is 0.0652. The lowest BCUT2D eigenvalue weighted by Crippen LogP contribution is -2.45. The van der Waals surface area contributed by atoms with Gasteiger partial charge in [0, 0.05) is 19.7 Å². The number of nitrogens with two attached hydrogens (primary N) is 1. The van der Waals surface area contributed by atoms with Crippen LogP contribution in [0.25, 0.3) is 0 Å². The second kappa shape index (κ2) is 6.86. The lowest BCUT2D eigenvalue weighted by atomic mass is 10.0. The van der Waals surface area contributed by atoms with Gasteiger partial charge in [-0.2, -0.15) is 0 Å². The Balaban J connectivity index is 2.38. The molecular formula is C12H24N2O2. The van der Waals surface area contributed by atoms with Crippen LogP contribution in [0.4, 0.5) is 0 Å². The molecule has 0 aliphatic heterocycles. The van der Waals surface area contributed by atoms with Gasteiger partial charge in [-0.15, -0.1) is 0 Å². The normalized spacial score (nSPS) is 28.2. The predicted octanol–water partition coefficient (Wildman–Crippen LogP) is 1.05. The van der Waals surface area contributed by atoms with Crippen LogP contribution < -0.4 is 11.1 Å². The summed E-state index contributed by atoms with van der Waals surface area (Å²) in [6.45, 7) is 2.52. The van der Waals surface area contributed by atoms with E-state index in [2.05, 4.69) is 12.2 Å². The van der Waals surface area contributed by atoms with Crippen molar-refractivity contribution >= 4 is 5.91 Å². The molecule has 4 heteroatoms. The van der Waals surface area contributed by atoms with Crippen molar-refractivity contribution in [1.29, 1.82) is 0 Å². The lowest BCUT2D eigenvalue weighted by molar-refractivity contribution is -0.131. The minimum atomic E-state index is -0.499. The molecule has 94 valence electrons. The summed E-state index contributed by atoms with van der Waals surface area (Å²) < 4.78 is 5.02. The highest BCUT2D eigenvalue weighted by Crippen LogP contribution is 2.22. The van der Waals surface area contributed by atoms with Gasteiger partial charge >= 0.3 is 0 Å². The summed E-state index contributed by atoms with van der Waals surface area (Å²) in [4.78, 5) is 11.8. The Morgan fingerprint density at radius 1 is 1.44 bits per heavy atom. The average Bonchev–Trinajstić information content (AvgIpc) is 2.46. The van der Waals surface area contributed by atoms with Crippen LogP contribution in [0.15, 0.2) is 0 Å². The Morgan fingerprint density at radius 3 is 2.81 bits per heavy atom. The highest BCUT2D eigenvalue weighted by atomic mass is 16.5. The molecule has 3 unspecified atom stereocenters. The zero-order valence-corrected chi connectivity index (χ0v) is 10.4. The molecule has 1 aliphatic rings. The van der Waals surface area contributed by atoms with Crippen LogP contribution in [0.2, 0.25) is 0 Å². The van der Waals surface area contributed by atoms with Gasteiger partial charge in [0.1, 0.15) is 6.10 Å². The Kier molecular flexibility index (Phi) is 5.77. The van der Waals surface area contributed by atoms with Crippen LogP contribution in [-0.2, 0) is 9.53 Å². The van der Waals surface area contributed by atoms with E-state index in [1.807, 2.05) is 0 Å².